The van der Waals surface area contributed by atoms with Gasteiger partial charge in [-0.25, -0.2) is 0 Å². The highest BCUT2D eigenvalue weighted by Crippen LogP contribution is 2.22. The molecule has 156 valence electrons. The standard InChI is InChI=1S/C18H17N5O6S/c1-2-7-19-17(25)14-5-3-4-6-15(14)20-18(30)21-16(24)11-8-12(22(26)27)10-13(9-11)23(28)29/h3-6,8-10H,2,7H2,1H3,(H,19,25)(H2,20,21,24,30). The minimum atomic E-state index is -0.882. The zero-order chi connectivity index (χ0) is 22.3. The summed E-state index contributed by atoms with van der Waals surface area (Å²) in [5.74, 6) is -1.21. The predicted molar refractivity (Wildman–Crippen MR) is 113 cm³/mol. The Morgan fingerprint density at radius 2 is 1.60 bits per heavy atom. The molecule has 2 rings (SSSR count). The van der Waals surface area contributed by atoms with Crippen molar-refractivity contribution in [3.8, 4) is 0 Å². The third-order valence-corrected chi connectivity index (χ3v) is 3.97. The van der Waals surface area contributed by atoms with E-state index in [2.05, 4.69) is 16.0 Å². The minimum absolute atomic E-state index is 0.190. The topological polar surface area (TPSA) is 157 Å². The highest BCUT2D eigenvalue weighted by Gasteiger charge is 2.21. The summed E-state index contributed by atoms with van der Waals surface area (Å²) in [5, 5.41) is 29.5. The number of benzene rings is 2. The Morgan fingerprint density at radius 1 is 1.00 bits per heavy atom. The quantitative estimate of drug-likeness (QED) is 0.343. The Labute approximate surface area is 175 Å². The molecule has 0 aliphatic carbocycles. The fraction of sp³-hybridized carbons (Fsp3) is 0.167. The average molecular weight is 431 g/mol. The van der Waals surface area contributed by atoms with Gasteiger partial charge < -0.3 is 10.6 Å². The number of non-ortho nitro benzene ring substituents is 2. The molecule has 12 heteroatoms. The zero-order valence-corrected chi connectivity index (χ0v) is 16.5. The Balaban J connectivity index is 2.18. The molecule has 0 aromatic heterocycles. The number of hydrogen-bond acceptors (Lipinski definition) is 7. The van der Waals surface area contributed by atoms with Crippen LogP contribution in [0.2, 0.25) is 0 Å². The van der Waals surface area contributed by atoms with Crippen LogP contribution in [-0.2, 0) is 0 Å². The SMILES string of the molecule is CCCNC(=O)c1ccccc1NC(=S)NC(=O)c1cc([N+](=O)[O-])cc([N+](=O)[O-])c1. The Kier molecular flexibility index (Phi) is 7.47. The third kappa shape index (κ3) is 5.78. The minimum Gasteiger partial charge on any atom is -0.352 e. The lowest BCUT2D eigenvalue weighted by molar-refractivity contribution is -0.394. The number of carbonyl (C=O) groups excluding carboxylic acids is 2. The van der Waals surface area contributed by atoms with E-state index in [1.165, 1.54) is 0 Å². The summed E-state index contributed by atoms with van der Waals surface area (Å²) in [4.78, 5) is 44.9. The number of nitrogens with zero attached hydrogens (tertiary/aromatic N) is 2. The molecule has 2 aromatic rings. The molecule has 0 heterocycles. The lowest BCUT2D eigenvalue weighted by Crippen LogP contribution is -2.35. The fourth-order valence-electron chi connectivity index (χ4n) is 2.39. The van der Waals surface area contributed by atoms with E-state index in [4.69, 9.17) is 12.2 Å². The summed E-state index contributed by atoms with van der Waals surface area (Å²) in [6, 6.07) is 9.02. The Bertz CT molecular complexity index is 994. The van der Waals surface area contributed by atoms with Crippen LogP contribution in [0.5, 0.6) is 0 Å². The Morgan fingerprint density at radius 3 is 2.17 bits per heavy atom. The molecule has 30 heavy (non-hydrogen) atoms. The lowest BCUT2D eigenvalue weighted by atomic mass is 10.1. The molecule has 0 bridgehead atoms. The summed E-state index contributed by atoms with van der Waals surface area (Å²) < 4.78 is 0. The summed E-state index contributed by atoms with van der Waals surface area (Å²) in [6.07, 6.45) is 0.755. The largest absolute Gasteiger partial charge is 0.352 e. The van der Waals surface area contributed by atoms with Crippen molar-refractivity contribution < 1.29 is 19.4 Å². The van der Waals surface area contributed by atoms with Gasteiger partial charge in [0.1, 0.15) is 0 Å². The molecule has 11 nitrogen and oxygen atoms in total. The van der Waals surface area contributed by atoms with Crippen LogP contribution < -0.4 is 16.0 Å². The predicted octanol–water partition coefficient (Wildman–Crippen LogP) is 2.77. The van der Waals surface area contributed by atoms with Crippen LogP contribution >= 0.6 is 12.2 Å². The van der Waals surface area contributed by atoms with Crippen molar-refractivity contribution in [1.82, 2.24) is 10.6 Å². The number of rotatable bonds is 7. The number of nitro groups is 2. The molecule has 0 radical (unpaired) electrons. The van der Waals surface area contributed by atoms with E-state index in [0.717, 1.165) is 24.6 Å². The van der Waals surface area contributed by atoms with Gasteiger partial charge in [0.25, 0.3) is 23.2 Å². The number of carbonyl (C=O) groups is 2. The van der Waals surface area contributed by atoms with E-state index in [1.54, 1.807) is 24.3 Å². The number of nitro benzene ring substituents is 2. The van der Waals surface area contributed by atoms with Crippen molar-refractivity contribution >= 4 is 46.2 Å². The molecule has 0 saturated heterocycles. The number of hydrogen-bond donors (Lipinski definition) is 3. The van der Waals surface area contributed by atoms with Gasteiger partial charge in [0, 0.05) is 18.7 Å². The molecule has 0 atom stereocenters. The van der Waals surface area contributed by atoms with Gasteiger partial charge in [0.05, 0.1) is 32.7 Å². The van der Waals surface area contributed by atoms with Gasteiger partial charge in [-0.3, -0.25) is 35.1 Å². The van der Waals surface area contributed by atoms with E-state index in [0.29, 0.717) is 17.8 Å². The second-order valence-corrected chi connectivity index (χ2v) is 6.37. The second-order valence-electron chi connectivity index (χ2n) is 5.96. The molecule has 0 aliphatic heterocycles. The Hall–Kier alpha value is -3.93. The molecule has 3 N–H and O–H groups in total. The highest BCUT2D eigenvalue weighted by atomic mass is 32.1. The highest BCUT2D eigenvalue weighted by molar-refractivity contribution is 7.80. The first-order chi connectivity index (χ1) is 14.2. The van der Waals surface area contributed by atoms with E-state index in [-0.39, 0.29) is 16.6 Å². The molecular weight excluding hydrogens is 414 g/mol. The van der Waals surface area contributed by atoms with Crippen LogP contribution in [0, 0.1) is 20.2 Å². The van der Waals surface area contributed by atoms with Crippen LogP contribution in [0.25, 0.3) is 0 Å². The van der Waals surface area contributed by atoms with Crippen LogP contribution in [-0.4, -0.2) is 33.3 Å². The van der Waals surface area contributed by atoms with Crippen molar-refractivity contribution in [1.29, 1.82) is 0 Å². The summed E-state index contributed by atoms with van der Waals surface area (Å²) in [7, 11) is 0. The van der Waals surface area contributed by atoms with Crippen LogP contribution in [0.1, 0.15) is 34.1 Å². The van der Waals surface area contributed by atoms with E-state index in [1.807, 2.05) is 6.92 Å². The smallest absolute Gasteiger partial charge is 0.277 e. The van der Waals surface area contributed by atoms with Crippen molar-refractivity contribution in [3.05, 3.63) is 73.8 Å². The van der Waals surface area contributed by atoms with Crippen molar-refractivity contribution in [2.75, 3.05) is 11.9 Å². The summed E-state index contributed by atoms with van der Waals surface area (Å²) >= 11 is 5.07. The molecule has 0 spiro atoms. The third-order valence-electron chi connectivity index (χ3n) is 3.77. The van der Waals surface area contributed by atoms with Crippen molar-refractivity contribution in [2.45, 2.75) is 13.3 Å². The molecule has 2 amide bonds. The maximum atomic E-state index is 12.4. The first-order valence-corrected chi connectivity index (χ1v) is 9.07. The number of anilines is 1. The van der Waals surface area contributed by atoms with Gasteiger partial charge in [-0.1, -0.05) is 19.1 Å². The van der Waals surface area contributed by atoms with Crippen LogP contribution in [0.15, 0.2) is 42.5 Å². The number of amides is 2. The van der Waals surface area contributed by atoms with Gasteiger partial charge in [0.2, 0.25) is 0 Å². The van der Waals surface area contributed by atoms with Gasteiger partial charge in [0.15, 0.2) is 5.11 Å². The number of para-hydroxylation sites is 1. The normalized spacial score (nSPS) is 10.0. The van der Waals surface area contributed by atoms with Crippen molar-refractivity contribution in [3.63, 3.8) is 0 Å². The van der Waals surface area contributed by atoms with Gasteiger partial charge >= 0.3 is 0 Å². The maximum absolute atomic E-state index is 12.4. The van der Waals surface area contributed by atoms with E-state index in [9.17, 15) is 29.8 Å². The monoisotopic (exact) mass is 431 g/mol. The van der Waals surface area contributed by atoms with E-state index < -0.39 is 27.1 Å². The summed E-state index contributed by atoms with van der Waals surface area (Å²) in [5.41, 5.74) is -0.888. The fourth-order valence-corrected chi connectivity index (χ4v) is 2.59. The first-order valence-electron chi connectivity index (χ1n) is 8.66. The average Bonchev–Trinajstić information content (AvgIpc) is 2.71. The number of thiocarbonyl (C=S) groups is 1. The van der Waals surface area contributed by atoms with Crippen LogP contribution in [0.4, 0.5) is 17.1 Å². The number of nitrogens with one attached hydrogen (secondary N) is 3. The van der Waals surface area contributed by atoms with Crippen LogP contribution in [0.3, 0.4) is 0 Å². The van der Waals surface area contributed by atoms with Gasteiger partial charge in [-0.05, 0) is 30.8 Å². The molecular formula is C18H17N5O6S. The molecule has 0 saturated carbocycles. The van der Waals surface area contributed by atoms with Gasteiger partial charge in [-0.2, -0.15) is 0 Å². The van der Waals surface area contributed by atoms with E-state index >= 15 is 0 Å². The molecule has 0 unspecified atom stereocenters. The maximum Gasteiger partial charge on any atom is 0.277 e. The lowest BCUT2D eigenvalue weighted by Gasteiger charge is -2.13. The molecule has 0 aliphatic rings. The second kappa shape index (κ2) is 10.0. The summed E-state index contributed by atoms with van der Waals surface area (Å²) in [6.45, 7) is 2.40. The first kappa shape index (κ1) is 22.4. The molecule has 2 aromatic carbocycles. The van der Waals surface area contributed by atoms with Gasteiger partial charge in [-0.15, -0.1) is 0 Å². The van der Waals surface area contributed by atoms with Crippen molar-refractivity contribution in [2.24, 2.45) is 0 Å². The molecule has 0 fully saturated rings. The zero-order valence-electron chi connectivity index (χ0n) is 15.7.